The molecule has 1 aliphatic heterocycles. The monoisotopic (exact) mass is 274 g/mol. The van der Waals surface area contributed by atoms with Gasteiger partial charge in [-0.1, -0.05) is 0 Å². The van der Waals surface area contributed by atoms with Crippen LogP contribution < -0.4 is 5.32 Å². The Kier molecular flexibility index (Phi) is 4.89. The summed E-state index contributed by atoms with van der Waals surface area (Å²) >= 11 is 0. The molecule has 3 nitrogen and oxygen atoms in total. The molecule has 1 N–H and O–H groups in total. The van der Waals surface area contributed by atoms with Gasteiger partial charge in [-0.3, -0.25) is 4.79 Å². The van der Waals surface area contributed by atoms with Crippen LogP contribution >= 0.6 is 0 Å². The zero-order valence-corrected chi connectivity index (χ0v) is 9.81. The van der Waals surface area contributed by atoms with Gasteiger partial charge >= 0.3 is 6.18 Å². The number of carbonyl (C=O) groups excluding carboxylic acids is 1. The van der Waals surface area contributed by atoms with Crippen molar-refractivity contribution in [3.63, 3.8) is 0 Å². The van der Waals surface area contributed by atoms with Crippen molar-refractivity contribution in [1.82, 2.24) is 10.2 Å². The number of halogens is 5. The van der Waals surface area contributed by atoms with Gasteiger partial charge in [0.05, 0.1) is 18.5 Å². The van der Waals surface area contributed by atoms with E-state index in [1.807, 2.05) is 0 Å². The van der Waals surface area contributed by atoms with Crippen LogP contribution in [0.2, 0.25) is 0 Å². The number of hydrogen-bond acceptors (Lipinski definition) is 2. The molecule has 0 saturated carbocycles. The van der Waals surface area contributed by atoms with Crippen LogP contribution in [-0.4, -0.2) is 49.6 Å². The van der Waals surface area contributed by atoms with Gasteiger partial charge in [-0.05, 0) is 12.8 Å². The molecule has 0 spiro atoms. The SMILES string of the molecule is CN(CC(F)F)C(=O)C1CCC(C(F)(F)F)CN1. The molecule has 0 aromatic heterocycles. The Morgan fingerprint density at radius 1 is 1.39 bits per heavy atom. The van der Waals surface area contributed by atoms with E-state index in [1.165, 1.54) is 7.05 Å². The molecule has 2 unspecified atom stereocenters. The van der Waals surface area contributed by atoms with Gasteiger partial charge in [0.25, 0.3) is 6.43 Å². The minimum Gasteiger partial charge on any atom is -0.339 e. The largest absolute Gasteiger partial charge is 0.393 e. The van der Waals surface area contributed by atoms with Crippen LogP contribution in [0.1, 0.15) is 12.8 Å². The van der Waals surface area contributed by atoms with Crippen molar-refractivity contribution in [3.05, 3.63) is 0 Å². The molecule has 1 fully saturated rings. The highest BCUT2D eigenvalue weighted by molar-refractivity contribution is 5.81. The summed E-state index contributed by atoms with van der Waals surface area (Å²) in [4.78, 5) is 12.5. The number of alkyl halides is 5. The summed E-state index contributed by atoms with van der Waals surface area (Å²) in [5, 5.41) is 2.47. The maximum atomic E-state index is 12.4. The Morgan fingerprint density at radius 2 is 2.00 bits per heavy atom. The maximum absolute atomic E-state index is 12.4. The van der Waals surface area contributed by atoms with E-state index in [-0.39, 0.29) is 19.4 Å². The minimum absolute atomic E-state index is 0.0105. The lowest BCUT2D eigenvalue weighted by atomic mass is 9.93. The van der Waals surface area contributed by atoms with E-state index in [9.17, 15) is 26.7 Å². The summed E-state index contributed by atoms with van der Waals surface area (Å²) in [5.41, 5.74) is 0. The van der Waals surface area contributed by atoms with Gasteiger partial charge in [-0.15, -0.1) is 0 Å². The first kappa shape index (κ1) is 15.1. The van der Waals surface area contributed by atoms with Crippen LogP contribution in [0.15, 0.2) is 0 Å². The molecule has 0 bridgehead atoms. The number of rotatable bonds is 3. The van der Waals surface area contributed by atoms with Crippen LogP contribution in [0.5, 0.6) is 0 Å². The van der Waals surface area contributed by atoms with Crippen LogP contribution in [0.4, 0.5) is 22.0 Å². The van der Waals surface area contributed by atoms with Crippen LogP contribution in [-0.2, 0) is 4.79 Å². The molecule has 2 atom stereocenters. The quantitative estimate of drug-likeness (QED) is 0.794. The smallest absolute Gasteiger partial charge is 0.339 e. The molecule has 0 aromatic carbocycles. The van der Waals surface area contributed by atoms with E-state index < -0.39 is 37.0 Å². The Balaban J connectivity index is 2.45. The molecule has 1 rings (SSSR count). The first-order valence-corrected chi connectivity index (χ1v) is 5.55. The van der Waals surface area contributed by atoms with Gasteiger partial charge < -0.3 is 10.2 Å². The maximum Gasteiger partial charge on any atom is 0.393 e. The third-order valence-electron chi connectivity index (χ3n) is 2.96. The summed E-state index contributed by atoms with van der Waals surface area (Å²) in [6.45, 7) is -1.05. The van der Waals surface area contributed by atoms with Gasteiger partial charge in [0.15, 0.2) is 0 Å². The van der Waals surface area contributed by atoms with Crippen LogP contribution in [0.3, 0.4) is 0 Å². The minimum atomic E-state index is -4.28. The van der Waals surface area contributed by atoms with E-state index in [2.05, 4.69) is 5.32 Å². The summed E-state index contributed by atoms with van der Waals surface area (Å²) in [7, 11) is 1.21. The summed E-state index contributed by atoms with van der Waals surface area (Å²) in [5.74, 6) is -2.06. The number of likely N-dealkylation sites (N-methyl/N-ethyl adjacent to an activating group) is 1. The second kappa shape index (κ2) is 5.81. The molecule has 0 aromatic rings. The number of carbonyl (C=O) groups is 1. The molecule has 0 radical (unpaired) electrons. The lowest BCUT2D eigenvalue weighted by Gasteiger charge is -2.32. The highest BCUT2D eigenvalue weighted by Gasteiger charge is 2.42. The number of hydrogen-bond donors (Lipinski definition) is 1. The van der Waals surface area contributed by atoms with Gasteiger partial charge in [-0.25, -0.2) is 8.78 Å². The predicted molar refractivity (Wildman–Crippen MR) is 54.2 cm³/mol. The molecule has 8 heteroatoms. The molecular formula is C10H15F5N2O. The highest BCUT2D eigenvalue weighted by Crippen LogP contribution is 2.32. The number of nitrogens with one attached hydrogen (secondary N) is 1. The second-order valence-corrected chi connectivity index (χ2v) is 4.39. The molecular weight excluding hydrogens is 259 g/mol. The third-order valence-corrected chi connectivity index (χ3v) is 2.96. The van der Waals surface area contributed by atoms with Gasteiger partial charge in [0, 0.05) is 13.6 Å². The lowest BCUT2D eigenvalue weighted by molar-refractivity contribution is -0.180. The van der Waals surface area contributed by atoms with Crippen molar-refractivity contribution in [2.75, 3.05) is 20.1 Å². The van der Waals surface area contributed by atoms with Crippen molar-refractivity contribution in [2.24, 2.45) is 5.92 Å². The van der Waals surface area contributed by atoms with Crippen LogP contribution in [0.25, 0.3) is 0 Å². The topological polar surface area (TPSA) is 32.3 Å². The van der Waals surface area contributed by atoms with E-state index in [1.54, 1.807) is 0 Å². The fourth-order valence-corrected chi connectivity index (χ4v) is 1.91. The summed E-state index contributed by atoms with van der Waals surface area (Å²) in [6, 6.07) is -0.799. The highest BCUT2D eigenvalue weighted by atomic mass is 19.4. The summed E-state index contributed by atoms with van der Waals surface area (Å²) < 4.78 is 61.2. The number of nitrogens with zero attached hydrogens (tertiary/aromatic N) is 1. The van der Waals surface area contributed by atoms with Gasteiger partial charge in [0.1, 0.15) is 0 Å². The molecule has 1 amide bonds. The Labute approximate surface area is 101 Å². The molecule has 18 heavy (non-hydrogen) atoms. The molecule has 106 valence electrons. The molecule has 1 saturated heterocycles. The van der Waals surface area contributed by atoms with E-state index >= 15 is 0 Å². The average Bonchev–Trinajstić information content (AvgIpc) is 2.26. The van der Waals surface area contributed by atoms with Crippen molar-refractivity contribution in [2.45, 2.75) is 31.5 Å². The van der Waals surface area contributed by atoms with Crippen molar-refractivity contribution >= 4 is 5.91 Å². The number of piperidine rings is 1. The van der Waals surface area contributed by atoms with E-state index in [0.29, 0.717) is 0 Å². The van der Waals surface area contributed by atoms with E-state index in [4.69, 9.17) is 0 Å². The molecule has 1 aliphatic rings. The Bertz CT molecular complexity index is 286. The third kappa shape index (κ3) is 4.08. The zero-order valence-electron chi connectivity index (χ0n) is 9.81. The zero-order chi connectivity index (χ0) is 13.9. The van der Waals surface area contributed by atoms with Gasteiger partial charge in [0.2, 0.25) is 5.91 Å². The Hall–Kier alpha value is -0.920. The van der Waals surface area contributed by atoms with Crippen molar-refractivity contribution < 1.29 is 26.7 Å². The first-order chi connectivity index (χ1) is 8.21. The standard InChI is InChI=1S/C10H15F5N2O/c1-17(5-8(11)12)9(18)7-3-2-6(4-16-7)10(13,14)15/h6-8,16H,2-5H2,1H3. The molecule has 1 heterocycles. The lowest BCUT2D eigenvalue weighted by Crippen LogP contribution is -2.52. The normalized spacial score (nSPS) is 25.3. The van der Waals surface area contributed by atoms with Gasteiger partial charge in [-0.2, -0.15) is 13.2 Å². The van der Waals surface area contributed by atoms with Crippen LogP contribution in [0, 0.1) is 5.92 Å². The summed E-state index contributed by atoms with van der Waals surface area (Å²) in [6.07, 6.45) is -7.08. The average molecular weight is 274 g/mol. The second-order valence-electron chi connectivity index (χ2n) is 4.39. The fraction of sp³-hybridized carbons (Fsp3) is 0.900. The fourth-order valence-electron chi connectivity index (χ4n) is 1.91. The predicted octanol–water partition coefficient (Wildman–Crippen LogP) is 1.64. The molecule has 0 aliphatic carbocycles. The van der Waals surface area contributed by atoms with E-state index in [0.717, 1.165) is 4.90 Å². The first-order valence-electron chi connectivity index (χ1n) is 5.55. The number of amides is 1. The van der Waals surface area contributed by atoms with Crippen molar-refractivity contribution in [1.29, 1.82) is 0 Å². The van der Waals surface area contributed by atoms with Crippen molar-refractivity contribution in [3.8, 4) is 0 Å². The Morgan fingerprint density at radius 3 is 2.39 bits per heavy atom.